The highest BCUT2D eigenvalue weighted by molar-refractivity contribution is 5.84. The summed E-state index contributed by atoms with van der Waals surface area (Å²) in [4.78, 5) is 14.6. The van der Waals surface area contributed by atoms with Crippen molar-refractivity contribution in [2.45, 2.75) is 65.6 Å². The van der Waals surface area contributed by atoms with Gasteiger partial charge in [0, 0.05) is 6.54 Å². The molecule has 0 radical (unpaired) electrons. The summed E-state index contributed by atoms with van der Waals surface area (Å²) in [5, 5.41) is 3.55. The Labute approximate surface area is 111 Å². The van der Waals surface area contributed by atoms with Crippen LogP contribution in [0.4, 0.5) is 0 Å². The number of nitrogens with one attached hydrogen (secondary N) is 1. The van der Waals surface area contributed by atoms with Crippen LogP contribution in [0.3, 0.4) is 0 Å². The maximum Gasteiger partial charge on any atom is 0.241 e. The lowest BCUT2D eigenvalue weighted by molar-refractivity contribution is -0.131. The van der Waals surface area contributed by atoms with Crippen molar-refractivity contribution in [3.8, 4) is 0 Å². The summed E-state index contributed by atoms with van der Waals surface area (Å²) >= 11 is 0. The molecule has 1 saturated heterocycles. The topological polar surface area (TPSA) is 32.3 Å². The van der Waals surface area contributed by atoms with Gasteiger partial charge in [-0.1, -0.05) is 34.1 Å². The second kappa shape index (κ2) is 5.60. The number of carbonyl (C=O) groups is 1. The highest BCUT2D eigenvalue weighted by Crippen LogP contribution is 2.30. The van der Waals surface area contributed by atoms with Crippen LogP contribution in [0.5, 0.6) is 0 Å². The lowest BCUT2D eigenvalue weighted by Gasteiger charge is -2.33. The lowest BCUT2D eigenvalue weighted by Crippen LogP contribution is -2.42. The second-order valence-corrected chi connectivity index (χ2v) is 6.82. The van der Waals surface area contributed by atoms with Crippen LogP contribution >= 0.6 is 0 Å². The van der Waals surface area contributed by atoms with Crippen LogP contribution in [-0.4, -0.2) is 29.6 Å². The molecular weight excluding hydrogens is 224 g/mol. The Morgan fingerprint density at radius 2 is 1.94 bits per heavy atom. The quantitative estimate of drug-likeness (QED) is 0.816. The third-order valence-corrected chi connectivity index (χ3v) is 4.34. The van der Waals surface area contributed by atoms with E-state index in [9.17, 15) is 4.79 Å². The molecule has 1 aliphatic carbocycles. The van der Waals surface area contributed by atoms with Gasteiger partial charge in [-0.2, -0.15) is 0 Å². The summed E-state index contributed by atoms with van der Waals surface area (Å²) in [6.07, 6.45) is 5.31. The Bertz CT molecular complexity index is 297. The lowest BCUT2D eigenvalue weighted by atomic mass is 9.85. The molecule has 1 amide bonds. The summed E-state index contributed by atoms with van der Waals surface area (Å²) in [6.45, 7) is 9.71. The molecule has 3 nitrogen and oxygen atoms in total. The van der Waals surface area contributed by atoms with E-state index in [4.69, 9.17) is 0 Å². The minimum absolute atomic E-state index is 0.0360. The molecule has 0 bridgehead atoms. The van der Waals surface area contributed by atoms with Gasteiger partial charge in [0.1, 0.15) is 0 Å². The third-order valence-electron chi connectivity index (χ3n) is 4.34. The first kappa shape index (κ1) is 13.9. The molecule has 1 aliphatic heterocycles. The molecule has 104 valence electrons. The Morgan fingerprint density at radius 3 is 2.39 bits per heavy atom. The van der Waals surface area contributed by atoms with E-state index in [1.54, 1.807) is 0 Å². The van der Waals surface area contributed by atoms with E-state index in [-0.39, 0.29) is 12.2 Å². The molecule has 2 unspecified atom stereocenters. The predicted octanol–water partition coefficient (Wildman–Crippen LogP) is 2.62. The van der Waals surface area contributed by atoms with Crippen molar-refractivity contribution in [2.75, 3.05) is 6.54 Å². The average molecular weight is 252 g/mol. The molecule has 2 fully saturated rings. The number of hydrogen-bond acceptors (Lipinski definition) is 2. The molecule has 1 N–H and O–H groups in total. The fourth-order valence-corrected chi connectivity index (χ4v) is 2.99. The fraction of sp³-hybridized carbons (Fsp3) is 0.933. The van der Waals surface area contributed by atoms with E-state index in [1.165, 1.54) is 19.3 Å². The molecule has 2 atom stereocenters. The van der Waals surface area contributed by atoms with E-state index >= 15 is 0 Å². The highest BCUT2D eigenvalue weighted by atomic mass is 16.2. The molecule has 0 aromatic heterocycles. The van der Waals surface area contributed by atoms with Gasteiger partial charge in [0.2, 0.25) is 5.91 Å². The van der Waals surface area contributed by atoms with E-state index in [0.717, 1.165) is 18.9 Å². The summed E-state index contributed by atoms with van der Waals surface area (Å²) in [5.74, 6) is 2.11. The minimum atomic E-state index is 0.0360. The molecule has 2 rings (SSSR count). The first-order chi connectivity index (χ1) is 8.49. The molecular formula is C15H28N2O. The van der Waals surface area contributed by atoms with Gasteiger partial charge >= 0.3 is 0 Å². The maximum absolute atomic E-state index is 12.5. The summed E-state index contributed by atoms with van der Waals surface area (Å²) in [6, 6.07) is 0.0360. The number of amides is 1. The monoisotopic (exact) mass is 252 g/mol. The van der Waals surface area contributed by atoms with Crippen LogP contribution in [0, 0.1) is 17.8 Å². The molecule has 2 aliphatic rings. The molecule has 0 spiro atoms. The zero-order valence-electron chi connectivity index (χ0n) is 12.3. The van der Waals surface area contributed by atoms with Crippen molar-refractivity contribution in [1.82, 2.24) is 10.2 Å². The van der Waals surface area contributed by atoms with Crippen LogP contribution < -0.4 is 5.32 Å². The Morgan fingerprint density at radius 1 is 1.28 bits per heavy atom. The number of rotatable bonds is 5. The summed E-state index contributed by atoms with van der Waals surface area (Å²) in [5.41, 5.74) is 0. The summed E-state index contributed by atoms with van der Waals surface area (Å²) in [7, 11) is 0. The van der Waals surface area contributed by atoms with Crippen LogP contribution in [-0.2, 0) is 4.79 Å². The number of hydrogen-bond donors (Lipinski definition) is 1. The van der Waals surface area contributed by atoms with Gasteiger partial charge < -0.3 is 4.90 Å². The van der Waals surface area contributed by atoms with Crippen molar-refractivity contribution in [3.63, 3.8) is 0 Å². The normalized spacial score (nSPS) is 29.4. The van der Waals surface area contributed by atoms with Crippen molar-refractivity contribution in [3.05, 3.63) is 0 Å². The molecule has 0 aromatic carbocycles. The van der Waals surface area contributed by atoms with Gasteiger partial charge in [-0.3, -0.25) is 10.1 Å². The molecule has 1 heterocycles. The first-order valence-corrected chi connectivity index (χ1v) is 7.55. The zero-order chi connectivity index (χ0) is 13.3. The van der Waals surface area contributed by atoms with E-state index in [1.807, 2.05) is 0 Å². The summed E-state index contributed by atoms with van der Waals surface area (Å²) < 4.78 is 0. The Balaban J connectivity index is 2.02. The van der Waals surface area contributed by atoms with E-state index in [2.05, 4.69) is 37.9 Å². The van der Waals surface area contributed by atoms with E-state index < -0.39 is 0 Å². The van der Waals surface area contributed by atoms with Gasteiger partial charge in [0.25, 0.3) is 0 Å². The Kier molecular flexibility index (Phi) is 4.31. The molecule has 18 heavy (non-hydrogen) atoms. The molecule has 3 heteroatoms. The van der Waals surface area contributed by atoms with Crippen molar-refractivity contribution in [1.29, 1.82) is 0 Å². The standard InChI is InChI=1S/C15H28N2O/c1-10(2)8-13-16-14(11(3)4)15(18)17(13)9-12-6-5-7-12/h10-14,16H,5-9H2,1-4H3. The van der Waals surface area contributed by atoms with E-state index in [0.29, 0.717) is 17.7 Å². The van der Waals surface area contributed by atoms with Crippen molar-refractivity contribution < 1.29 is 4.79 Å². The van der Waals surface area contributed by atoms with Crippen LogP contribution in [0.2, 0.25) is 0 Å². The number of carbonyl (C=O) groups excluding carboxylic acids is 1. The molecule has 1 saturated carbocycles. The van der Waals surface area contributed by atoms with Crippen LogP contribution in [0.1, 0.15) is 53.4 Å². The van der Waals surface area contributed by atoms with Gasteiger partial charge in [-0.05, 0) is 37.0 Å². The maximum atomic E-state index is 12.5. The number of nitrogens with zero attached hydrogens (tertiary/aromatic N) is 1. The van der Waals surface area contributed by atoms with Crippen LogP contribution in [0.15, 0.2) is 0 Å². The third kappa shape index (κ3) is 2.87. The van der Waals surface area contributed by atoms with Gasteiger partial charge in [0.05, 0.1) is 12.2 Å². The zero-order valence-corrected chi connectivity index (χ0v) is 12.3. The second-order valence-electron chi connectivity index (χ2n) is 6.82. The largest absolute Gasteiger partial charge is 0.326 e. The predicted molar refractivity (Wildman–Crippen MR) is 74.1 cm³/mol. The highest BCUT2D eigenvalue weighted by Gasteiger charge is 2.41. The van der Waals surface area contributed by atoms with Gasteiger partial charge in [-0.25, -0.2) is 0 Å². The SMILES string of the molecule is CC(C)CC1NC(C(C)C)C(=O)N1CC1CCC1. The van der Waals surface area contributed by atoms with Gasteiger partial charge in [0.15, 0.2) is 0 Å². The fourth-order valence-electron chi connectivity index (χ4n) is 2.99. The van der Waals surface area contributed by atoms with Gasteiger partial charge in [-0.15, -0.1) is 0 Å². The molecule has 0 aromatic rings. The van der Waals surface area contributed by atoms with Crippen molar-refractivity contribution >= 4 is 5.91 Å². The van der Waals surface area contributed by atoms with Crippen molar-refractivity contribution in [2.24, 2.45) is 17.8 Å². The minimum Gasteiger partial charge on any atom is -0.326 e. The van der Waals surface area contributed by atoms with Crippen LogP contribution in [0.25, 0.3) is 0 Å². The first-order valence-electron chi connectivity index (χ1n) is 7.55. The smallest absolute Gasteiger partial charge is 0.241 e. The average Bonchev–Trinajstić information content (AvgIpc) is 2.49. The Hall–Kier alpha value is -0.570.